The smallest absolute Gasteiger partial charge is 0.143 e. The Morgan fingerprint density at radius 1 is 1.03 bits per heavy atom. The lowest BCUT2D eigenvalue weighted by atomic mass is 10.2. The molecule has 1 N–H and O–H groups in total. The summed E-state index contributed by atoms with van der Waals surface area (Å²) in [5.74, 6) is 1.31. The fourth-order valence-corrected chi connectivity index (χ4v) is 3.47. The number of methoxy groups -OCH3 is 1. The molecule has 0 unspecified atom stereocenters. The fourth-order valence-electron chi connectivity index (χ4n) is 3.47. The summed E-state index contributed by atoms with van der Waals surface area (Å²) in [7, 11) is 1.66. The molecule has 0 aliphatic rings. The number of fused-ring (bicyclic) bond motifs is 3. The number of hydrogen-bond acceptors (Lipinski definition) is 6. The van der Waals surface area contributed by atoms with Crippen LogP contribution in [0.15, 0.2) is 54.9 Å². The molecule has 4 rings (SSSR count). The van der Waals surface area contributed by atoms with Crippen molar-refractivity contribution in [3.63, 3.8) is 0 Å². The Hall–Kier alpha value is -3.23. The van der Waals surface area contributed by atoms with E-state index in [0.29, 0.717) is 37.9 Å². The Bertz CT molecular complexity index is 1150. The summed E-state index contributed by atoms with van der Waals surface area (Å²) in [5.41, 5.74) is 2.73. The van der Waals surface area contributed by atoms with Gasteiger partial charge in [-0.15, -0.1) is 0 Å². The van der Waals surface area contributed by atoms with Crippen LogP contribution in [0.25, 0.3) is 21.9 Å². The SMILES string of the molecule is COCCOCCn1c2ccncc2c2ccc(Nc3cccc(OCCF)c3)nc21. The number of ether oxygens (including phenoxy) is 3. The minimum Gasteiger partial charge on any atom is -0.491 e. The lowest BCUT2D eigenvalue weighted by Crippen LogP contribution is -2.09. The summed E-state index contributed by atoms with van der Waals surface area (Å²) in [6.07, 6.45) is 3.64. The van der Waals surface area contributed by atoms with Gasteiger partial charge in [0.05, 0.1) is 25.3 Å². The first kappa shape index (κ1) is 21.0. The van der Waals surface area contributed by atoms with E-state index in [1.807, 2.05) is 42.6 Å². The van der Waals surface area contributed by atoms with Gasteiger partial charge in [-0.2, -0.15) is 0 Å². The second kappa shape index (κ2) is 10.2. The molecule has 0 saturated carbocycles. The zero-order valence-electron chi connectivity index (χ0n) is 17.4. The van der Waals surface area contributed by atoms with Crippen LogP contribution in [-0.4, -0.2) is 54.7 Å². The fraction of sp³-hybridized carbons (Fsp3) is 0.304. The molecular formula is C23H25FN4O3. The standard InChI is InChI=1S/C23H25FN4O3/c1-29-13-14-30-12-10-28-21-7-9-25-16-20(21)19-5-6-22(27-23(19)28)26-17-3-2-4-18(15-17)31-11-8-24/h2-7,9,15-16H,8,10-14H2,1H3,(H,26,27). The Morgan fingerprint density at radius 2 is 1.97 bits per heavy atom. The van der Waals surface area contributed by atoms with Crippen molar-refractivity contribution in [2.24, 2.45) is 0 Å². The number of anilines is 2. The maximum atomic E-state index is 12.4. The van der Waals surface area contributed by atoms with Crippen molar-refractivity contribution in [3.8, 4) is 5.75 Å². The highest BCUT2D eigenvalue weighted by molar-refractivity contribution is 6.06. The van der Waals surface area contributed by atoms with Gasteiger partial charge in [0.2, 0.25) is 0 Å². The van der Waals surface area contributed by atoms with Crippen molar-refractivity contribution < 1.29 is 18.6 Å². The number of hydrogen-bond donors (Lipinski definition) is 1. The number of benzene rings is 1. The molecule has 1 aromatic carbocycles. The molecule has 0 bridgehead atoms. The van der Waals surface area contributed by atoms with Crippen LogP contribution in [-0.2, 0) is 16.0 Å². The molecule has 8 heteroatoms. The van der Waals surface area contributed by atoms with E-state index in [1.165, 1.54) is 0 Å². The molecule has 0 aliphatic heterocycles. The minimum atomic E-state index is -0.523. The first-order chi connectivity index (χ1) is 15.3. The second-order valence-corrected chi connectivity index (χ2v) is 6.91. The summed E-state index contributed by atoms with van der Waals surface area (Å²) in [6, 6.07) is 13.4. The lowest BCUT2D eigenvalue weighted by Gasteiger charge is -2.10. The topological polar surface area (TPSA) is 70.4 Å². The quantitative estimate of drug-likeness (QED) is 0.361. The highest BCUT2D eigenvalue weighted by Gasteiger charge is 2.13. The molecule has 0 fully saturated rings. The van der Waals surface area contributed by atoms with Crippen molar-refractivity contribution in [2.45, 2.75) is 6.54 Å². The monoisotopic (exact) mass is 424 g/mol. The highest BCUT2D eigenvalue weighted by Crippen LogP contribution is 2.29. The Balaban J connectivity index is 1.61. The molecule has 162 valence electrons. The van der Waals surface area contributed by atoms with Crippen molar-refractivity contribution in [1.29, 1.82) is 0 Å². The van der Waals surface area contributed by atoms with Crippen LogP contribution in [0, 0.1) is 0 Å². The van der Waals surface area contributed by atoms with Gasteiger partial charge in [0.1, 0.15) is 30.5 Å². The summed E-state index contributed by atoms with van der Waals surface area (Å²) in [5, 5.41) is 5.39. The average Bonchev–Trinajstić information content (AvgIpc) is 3.11. The van der Waals surface area contributed by atoms with Crippen LogP contribution in [0.2, 0.25) is 0 Å². The molecule has 31 heavy (non-hydrogen) atoms. The number of nitrogens with one attached hydrogen (secondary N) is 1. The summed E-state index contributed by atoms with van der Waals surface area (Å²) in [6.45, 7) is 1.85. The lowest BCUT2D eigenvalue weighted by molar-refractivity contribution is 0.0673. The molecule has 4 aromatic rings. The maximum absolute atomic E-state index is 12.4. The van der Waals surface area contributed by atoms with E-state index in [9.17, 15) is 4.39 Å². The van der Waals surface area contributed by atoms with E-state index in [4.69, 9.17) is 19.2 Å². The van der Waals surface area contributed by atoms with E-state index in [-0.39, 0.29) is 6.61 Å². The maximum Gasteiger partial charge on any atom is 0.143 e. The van der Waals surface area contributed by atoms with Crippen molar-refractivity contribution in [3.05, 3.63) is 54.9 Å². The summed E-state index contributed by atoms with van der Waals surface area (Å²) in [4.78, 5) is 9.13. The van der Waals surface area contributed by atoms with Crippen LogP contribution >= 0.6 is 0 Å². The van der Waals surface area contributed by atoms with Gasteiger partial charge >= 0.3 is 0 Å². The van der Waals surface area contributed by atoms with Crippen LogP contribution in [0.5, 0.6) is 5.75 Å². The van der Waals surface area contributed by atoms with Gasteiger partial charge in [0, 0.05) is 48.6 Å². The number of alkyl halides is 1. The molecule has 0 aliphatic carbocycles. The van der Waals surface area contributed by atoms with Crippen LogP contribution in [0.4, 0.5) is 15.9 Å². The highest BCUT2D eigenvalue weighted by atomic mass is 19.1. The summed E-state index contributed by atoms with van der Waals surface area (Å²) < 4.78 is 30.6. The third-order valence-electron chi connectivity index (χ3n) is 4.85. The zero-order chi connectivity index (χ0) is 21.5. The third-order valence-corrected chi connectivity index (χ3v) is 4.85. The van der Waals surface area contributed by atoms with Crippen LogP contribution in [0.1, 0.15) is 0 Å². The molecule has 3 heterocycles. The first-order valence-corrected chi connectivity index (χ1v) is 10.2. The number of rotatable bonds is 11. The van der Waals surface area contributed by atoms with Crippen molar-refractivity contribution in [2.75, 3.05) is 45.5 Å². The summed E-state index contributed by atoms with van der Waals surface area (Å²) >= 11 is 0. The molecule has 0 atom stereocenters. The van der Waals surface area contributed by atoms with Crippen molar-refractivity contribution >= 4 is 33.4 Å². The Morgan fingerprint density at radius 3 is 2.84 bits per heavy atom. The molecular weight excluding hydrogens is 399 g/mol. The van der Waals surface area contributed by atoms with E-state index >= 15 is 0 Å². The van der Waals surface area contributed by atoms with E-state index in [2.05, 4.69) is 14.9 Å². The molecule has 7 nitrogen and oxygen atoms in total. The van der Waals surface area contributed by atoms with Crippen LogP contribution in [0.3, 0.4) is 0 Å². The van der Waals surface area contributed by atoms with Gasteiger partial charge in [-0.05, 0) is 30.3 Å². The third kappa shape index (κ3) is 4.92. The minimum absolute atomic E-state index is 0.0360. The van der Waals surface area contributed by atoms with Gasteiger partial charge in [0.15, 0.2) is 0 Å². The molecule has 0 spiro atoms. The van der Waals surface area contributed by atoms with Gasteiger partial charge in [-0.1, -0.05) is 6.07 Å². The van der Waals surface area contributed by atoms with E-state index in [1.54, 1.807) is 19.4 Å². The first-order valence-electron chi connectivity index (χ1n) is 10.2. The number of nitrogens with zero attached hydrogens (tertiary/aromatic N) is 3. The molecule has 0 amide bonds. The van der Waals surface area contributed by atoms with E-state index in [0.717, 1.165) is 27.6 Å². The van der Waals surface area contributed by atoms with Gasteiger partial charge in [-0.25, -0.2) is 9.37 Å². The zero-order valence-corrected chi connectivity index (χ0v) is 17.4. The predicted molar refractivity (Wildman–Crippen MR) is 119 cm³/mol. The van der Waals surface area contributed by atoms with E-state index < -0.39 is 6.67 Å². The molecule has 3 aromatic heterocycles. The Kier molecular flexibility index (Phi) is 6.91. The van der Waals surface area contributed by atoms with Gasteiger partial charge in [0.25, 0.3) is 0 Å². The molecule has 0 saturated heterocycles. The number of pyridine rings is 2. The number of aromatic nitrogens is 3. The number of halogens is 1. The van der Waals surface area contributed by atoms with Crippen LogP contribution < -0.4 is 10.1 Å². The molecule has 0 radical (unpaired) electrons. The second-order valence-electron chi connectivity index (χ2n) is 6.91. The Labute approximate surface area is 179 Å². The van der Waals surface area contributed by atoms with Gasteiger partial charge < -0.3 is 24.1 Å². The normalized spacial score (nSPS) is 11.3. The van der Waals surface area contributed by atoms with Gasteiger partial charge in [-0.3, -0.25) is 4.98 Å². The predicted octanol–water partition coefficient (Wildman–Crippen LogP) is 4.34. The largest absolute Gasteiger partial charge is 0.491 e. The van der Waals surface area contributed by atoms with Crippen molar-refractivity contribution in [1.82, 2.24) is 14.5 Å². The average molecular weight is 424 g/mol.